The van der Waals surface area contributed by atoms with Crippen LogP contribution in [0.5, 0.6) is 0 Å². The van der Waals surface area contributed by atoms with Crippen LogP contribution in [0.15, 0.2) is 18.2 Å². The van der Waals surface area contributed by atoms with Crippen molar-refractivity contribution in [2.45, 2.75) is 32.2 Å². The summed E-state index contributed by atoms with van der Waals surface area (Å²) in [6, 6.07) is 5.05. The Hall–Kier alpha value is -2.41. The van der Waals surface area contributed by atoms with Crippen LogP contribution in [-0.4, -0.2) is 48.0 Å². The summed E-state index contributed by atoms with van der Waals surface area (Å²) < 4.78 is 5.25. The molecule has 0 saturated carbocycles. The van der Waals surface area contributed by atoms with E-state index in [-0.39, 0.29) is 12.5 Å². The van der Waals surface area contributed by atoms with Gasteiger partial charge in [-0.05, 0) is 37.1 Å². The summed E-state index contributed by atoms with van der Waals surface area (Å²) in [7, 11) is 0. The highest BCUT2D eigenvalue weighted by Crippen LogP contribution is 2.28. The zero-order chi connectivity index (χ0) is 17.3. The molecule has 1 spiro atoms. The minimum absolute atomic E-state index is 0.291. The molecule has 24 heavy (non-hydrogen) atoms. The van der Waals surface area contributed by atoms with Gasteiger partial charge in [0.05, 0.1) is 0 Å². The molecule has 2 aliphatic rings. The minimum Gasteiger partial charge on any atom is -0.381 e. The normalized spacial score (nSPS) is 19.5. The van der Waals surface area contributed by atoms with Crippen molar-refractivity contribution in [1.82, 2.24) is 10.2 Å². The Balaban J connectivity index is 1.66. The van der Waals surface area contributed by atoms with Crippen LogP contribution in [0.2, 0.25) is 0 Å². The lowest BCUT2D eigenvalue weighted by Gasteiger charge is -2.30. The van der Waals surface area contributed by atoms with Crippen LogP contribution in [0.4, 0.5) is 10.5 Å². The third-order valence-electron chi connectivity index (χ3n) is 4.68. The van der Waals surface area contributed by atoms with Gasteiger partial charge in [-0.1, -0.05) is 6.07 Å². The number of carbonyl (C=O) groups excluding carboxylic acids is 3. The minimum atomic E-state index is -0.907. The summed E-state index contributed by atoms with van der Waals surface area (Å²) >= 11 is 0. The number of rotatable bonds is 3. The number of hydrogen-bond acceptors (Lipinski definition) is 4. The Labute approximate surface area is 140 Å². The topological polar surface area (TPSA) is 87.7 Å². The highest BCUT2D eigenvalue weighted by Gasteiger charge is 2.52. The molecule has 128 valence electrons. The summed E-state index contributed by atoms with van der Waals surface area (Å²) in [6.45, 7) is 4.50. The molecule has 2 aliphatic heterocycles. The van der Waals surface area contributed by atoms with Gasteiger partial charge in [0.2, 0.25) is 5.91 Å². The van der Waals surface area contributed by atoms with Crippen LogP contribution >= 0.6 is 0 Å². The second-order valence-electron chi connectivity index (χ2n) is 6.36. The molecule has 0 radical (unpaired) electrons. The molecule has 2 N–H and O–H groups in total. The lowest BCUT2D eigenvalue weighted by molar-refractivity contribution is -0.136. The van der Waals surface area contributed by atoms with Crippen molar-refractivity contribution >= 4 is 23.5 Å². The van der Waals surface area contributed by atoms with Crippen LogP contribution in [0.3, 0.4) is 0 Å². The Morgan fingerprint density at radius 1 is 1.25 bits per heavy atom. The molecular formula is C17H21N3O4. The molecule has 0 atom stereocenters. The van der Waals surface area contributed by atoms with E-state index < -0.39 is 17.5 Å². The maximum Gasteiger partial charge on any atom is 0.325 e. The first-order valence-corrected chi connectivity index (χ1v) is 8.00. The molecule has 1 aromatic carbocycles. The molecule has 0 unspecified atom stereocenters. The molecule has 7 heteroatoms. The molecule has 2 saturated heterocycles. The molecule has 1 aromatic rings. The second-order valence-corrected chi connectivity index (χ2v) is 6.36. The van der Waals surface area contributed by atoms with Crippen molar-refractivity contribution in [1.29, 1.82) is 0 Å². The molecule has 3 rings (SSSR count). The monoisotopic (exact) mass is 331 g/mol. The fraction of sp³-hybridized carbons (Fsp3) is 0.471. The van der Waals surface area contributed by atoms with Crippen LogP contribution < -0.4 is 10.6 Å². The predicted octanol–water partition coefficient (Wildman–Crippen LogP) is 1.34. The maximum atomic E-state index is 12.6. The molecule has 0 aromatic heterocycles. The highest BCUT2D eigenvalue weighted by molar-refractivity contribution is 6.10. The molecule has 0 bridgehead atoms. The Morgan fingerprint density at radius 2 is 1.96 bits per heavy atom. The lowest BCUT2D eigenvalue weighted by Crippen LogP contribution is -2.51. The average molecular weight is 331 g/mol. The molecule has 2 heterocycles. The first-order valence-electron chi connectivity index (χ1n) is 8.00. The van der Waals surface area contributed by atoms with Gasteiger partial charge in [-0.2, -0.15) is 0 Å². The van der Waals surface area contributed by atoms with E-state index in [0.717, 1.165) is 16.0 Å². The number of ether oxygens (including phenoxy) is 1. The van der Waals surface area contributed by atoms with Crippen molar-refractivity contribution in [3.63, 3.8) is 0 Å². The van der Waals surface area contributed by atoms with Crippen molar-refractivity contribution in [3.05, 3.63) is 29.3 Å². The van der Waals surface area contributed by atoms with Crippen LogP contribution in [-0.2, 0) is 14.3 Å². The van der Waals surface area contributed by atoms with E-state index in [4.69, 9.17) is 4.74 Å². The van der Waals surface area contributed by atoms with E-state index in [9.17, 15) is 14.4 Å². The third-order valence-corrected chi connectivity index (χ3v) is 4.68. The van der Waals surface area contributed by atoms with Crippen molar-refractivity contribution in [3.8, 4) is 0 Å². The maximum absolute atomic E-state index is 12.6. The third kappa shape index (κ3) is 2.99. The summed E-state index contributed by atoms with van der Waals surface area (Å²) in [5.74, 6) is -0.739. The van der Waals surface area contributed by atoms with E-state index >= 15 is 0 Å². The van der Waals surface area contributed by atoms with E-state index in [1.807, 2.05) is 26.0 Å². The van der Waals surface area contributed by atoms with Crippen LogP contribution in [0, 0.1) is 13.8 Å². The number of nitrogens with zero attached hydrogens (tertiary/aromatic N) is 1. The van der Waals surface area contributed by atoms with Gasteiger partial charge in [-0.15, -0.1) is 0 Å². The van der Waals surface area contributed by atoms with E-state index in [0.29, 0.717) is 31.7 Å². The Bertz CT molecular complexity index is 695. The van der Waals surface area contributed by atoms with Gasteiger partial charge in [0.15, 0.2) is 0 Å². The van der Waals surface area contributed by atoms with E-state index in [1.54, 1.807) is 6.07 Å². The second kappa shape index (κ2) is 6.24. The quantitative estimate of drug-likeness (QED) is 0.818. The lowest BCUT2D eigenvalue weighted by atomic mass is 9.90. The first kappa shape index (κ1) is 16.4. The summed E-state index contributed by atoms with van der Waals surface area (Å²) in [5, 5.41) is 5.46. The zero-order valence-electron chi connectivity index (χ0n) is 13.8. The van der Waals surface area contributed by atoms with Crippen LogP contribution in [0.1, 0.15) is 24.0 Å². The first-order chi connectivity index (χ1) is 11.4. The molecule has 0 aliphatic carbocycles. The van der Waals surface area contributed by atoms with Crippen molar-refractivity contribution in [2.24, 2.45) is 0 Å². The van der Waals surface area contributed by atoms with E-state index in [1.165, 1.54) is 0 Å². The van der Waals surface area contributed by atoms with Gasteiger partial charge in [-0.3, -0.25) is 14.5 Å². The smallest absolute Gasteiger partial charge is 0.325 e. The molecule has 2 fully saturated rings. The number of amides is 4. The molecule has 7 nitrogen and oxygen atoms in total. The number of hydrogen-bond donors (Lipinski definition) is 2. The fourth-order valence-electron chi connectivity index (χ4n) is 3.04. The SMILES string of the molecule is Cc1ccc(NC(=O)CN2C(=O)NC3(CCOCC3)C2=O)cc1C. The number of anilines is 1. The number of benzene rings is 1. The largest absolute Gasteiger partial charge is 0.381 e. The zero-order valence-corrected chi connectivity index (χ0v) is 13.8. The van der Waals surface area contributed by atoms with Gasteiger partial charge in [0.25, 0.3) is 5.91 Å². The summed E-state index contributed by atoms with van der Waals surface area (Å²) in [5.41, 5.74) is 1.93. The fourth-order valence-corrected chi connectivity index (χ4v) is 3.04. The number of carbonyl (C=O) groups is 3. The summed E-state index contributed by atoms with van der Waals surface area (Å²) in [6.07, 6.45) is 0.875. The van der Waals surface area contributed by atoms with Gasteiger partial charge in [-0.25, -0.2) is 4.79 Å². The molecular weight excluding hydrogens is 310 g/mol. The van der Waals surface area contributed by atoms with Gasteiger partial charge < -0.3 is 15.4 Å². The van der Waals surface area contributed by atoms with Gasteiger partial charge in [0, 0.05) is 31.7 Å². The summed E-state index contributed by atoms with van der Waals surface area (Å²) in [4.78, 5) is 37.9. The number of nitrogens with one attached hydrogen (secondary N) is 2. The number of imide groups is 1. The Kier molecular flexibility index (Phi) is 4.28. The average Bonchev–Trinajstić information content (AvgIpc) is 2.76. The van der Waals surface area contributed by atoms with Gasteiger partial charge >= 0.3 is 6.03 Å². The predicted molar refractivity (Wildman–Crippen MR) is 87.6 cm³/mol. The van der Waals surface area contributed by atoms with Crippen LogP contribution in [0.25, 0.3) is 0 Å². The van der Waals surface area contributed by atoms with Crippen molar-refractivity contribution in [2.75, 3.05) is 25.1 Å². The number of urea groups is 1. The van der Waals surface area contributed by atoms with E-state index in [2.05, 4.69) is 10.6 Å². The van der Waals surface area contributed by atoms with Crippen molar-refractivity contribution < 1.29 is 19.1 Å². The number of aryl methyl sites for hydroxylation is 2. The molecule has 4 amide bonds. The van der Waals surface area contributed by atoms with Gasteiger partial charge in [0.1, 0.15) is 12.1 Å². The standard InChI is InChI=1S/C17H21N3O4/c1-11-3-4-13(9-12(11)2)18-14(21)10-20-15(22)17(19-16(20)23)5-7-24-8-6-17/h3-4,9H,5-8,10H2,1-2H3,(H,18,21)(H,19,23). The highest BCUT2D eigenvalue weighted by atomic mass is 16.5. The Morgan fingerprint density at radius 3 is 2.62 bits per heavy atom.